The third-order valence-corrected chi connectivity index (χ3v) is 7.46. The van der Waals surface area contributed by atoms with Crippen molar-refractivity contribution in [3.8, 4) is 11.5 Å². The molecule has 3 atom stereocenters. The van der Waals surface area contributed by atoms with Gasteiger partial charge in [-0.3, -0.25) is 14.4 Å². The molecule has 1 aromatic heterocycles. The minimum absolute atomic E-state index is 0.143. The van der Waals surface area contributed by atoms with Crippen LogP contribution in [0, 0.1) is 24.7 Å². The first-order chi connectivity index (χ1) is 16.4. The van der Waals surface area contributed by atoms with Crippen molar-refractivity contribution >= 4 is 5.97 Å². The smallest absolute Gasteiger partial charge is 0.307 e. The summed E-state index contributed by atoms with van der Waals surface area (Å²) < 4.78 is 18.8. The maximum absolute atomic E-state index is 12.6. The van der Waals surface area contributed by atoms with E-state index in [4.69, 9.17) is 14.2 Å². The Balaban J connectivity index is 1.46. The lowest BCUT2D eigenvalue weighted by molar-refractivity contribution is -0.147. The van der Waals surface area contributed by atoms with Gasteiger partial charge in [0.2, 0.25) is 0 Å². The van der Waals surface area contributed by atoms with Crippen LogP contribution >= 0.6 is 0 Å². The van der Waals surface area contributed by atoms with Crippen LogP contribution in [0.4, 0.5) is 0 Å². The van der Waals surface area contributed by atoms with Crippen molar-refractivity contribution in [1.82, 2.24) is 14.7 Å². The number of carbonyl (C=O) groups excluding carboxylic acids is 1. The Labute approximate surface area is 203 Å². The summed E-state index contributed by atoms with van der Waals surface area (Å²) in [4.78, 5) is 15.2. The van der Waals surface area contributed by atoms with Crippen LogP contribution in [0.2, 0.25) is 0 Å². The molecule has 0 spiro atoms. The largest absolute Gasteiger partial charge is 0.493 e. The molecule has 1 unspecified atom stereocenters. The molecule has 0 radical (unpaired) electrons. The monoisotopic (exact) mass is 469 g/mol. The van der Waals surface area contributed by atoms with E-state index < -0.39 is 0 Å². The number of esters is 1. The molecule has 0 amide bonds. The van der Waals surface area contributed by atoms with Gasteiger partial charge < -0.3 is 14.2 Å². The summed E-state index contributed by atoms with van der Waals surface area (Å²) in [5.41, 5.74) is 3.73. The van der Waals surface area contributed by atoms with E-state index in [2.05, 4.69) is 36.0 Å². The fraction of sp³-hybridized carbons (Fsp3) is 0.630. The Hall–Kier alpha value is -2.54. The van der Waals surface area contributed by atoms with Crippen LogP contribution < -0.4 is 9.47 Å². The van der Waals surface area contributed by atoms with Gasteiger partial charge >= 0.3 is 5.97 Å². The van der Waals surface area contributed by atoms with Crippen LogP contribution in [0.15, 0.2) is 24.4 Å². The van der Waals surface area contributed by atoms with E-state index in [1.165, 1.54) is 11.1 Å². The first-order valence-electron chi connectivity index (χ1n) is 12.5. The molecule has 3 heterocycles. The highest BCUT2D eigenvalue weighted by molar-refractivity contribution is 5.69. The Morgan fingerprint density at radius 1 is 1.18 bits per heavy atom. The predicted octanol–water partition coefficient (Wildman–Crippen LogP) is 4.42. The Morgan fingerprint density at radius 2 is 1.94 bits per heavy atom. The number of hydrogen-bond donors (Lipinski definition) is 0. The topological polar surface area (TPSA) is 65.8 Å². The Morgan fingerprint density at radius 3 is 2.62 bits per heavy atom. The van der Waals surface area contributed by atoms with Gasteiger partial charge in [-0.2, -0.15) is 5.10 Å². The standard InChI is InChI=1S/C27H39N3O4/c1-18(2)12-21-16-29-10-7-20-14-25(32-4)26(33-5)15-23(20)24(29)13-22(21)17-34-27(31)8-11-30-19(3)6-9-28-30/h6,9,14-15,18,21-22,24H,7-8,10-13,16-17H2,1-5H3/t21-,22+,24?/m1/s1. The van der Waals surface area contributed by atoms with Crippen molar-refractivity contribution in [1.29, 1.82) is 0 Å². The first kappa shape index (κ1) is 24.6. The first-order valence-corrected chi connectivity index (χ1v) is 12.5. The lowest BCUT2D eigenvalue weighted by Gasteiger charge is -2.47. The number of aryl methyl sites for hydroxylation is 2. The van der Waals surface area contributed by atoms with Crippen molar-refractivity contribution < 1.29 is 19.0 Å². The number of rotatable bonds is 9. The molecule has 4 rings (SSSR count). The fourth-order valence-corrected chi connectivity index (χ4v) is 5.68. The summed E-state index contributed by atoms with van der Waals surface area (Å²) in [5, 5.41) is 4.26. The van der Waals surface area contributed by atoms with E-state index in [1.54, 1.807) is 20.4 Å². The van der Waals surface area contributed by atoms with E-state index in [0.29, 0.717) is 43.4 Å². The summed E-state index contributed by atoms with van der Waals surface area (Å²) >= 11 is 0. The second kappa shape index (κ2) is 10.8. The van der Waals surface area contributed by atoms with Crippen molar-refractivity contribution in [3.05, 3.63) is 41.2 Å². The van der Waals surface area contributed by atoms with Crippen LogP contribution in [-0.4, -0.2) is 54.6 Å². The zero-order valence-electron chi connectivity index (χ0n) is 21.3. The molecule has 0 bridgehead atoms. The van der Waals surface area contributed by atoms with Crippen LogP contribution in [0.3, 0.4) is 0 Å². The number of carbonyl (C=O) groups is 1. The SMILES string of the molecule is COc1cc2c(cc1OC)C1C[C@@H](COC(=O)CCn3nccc3C)[C@H](CC(C)C)CN1CC2. The van der Waals surface area contributed by atoms with Gasteiger partial charge in [0.1, 0.15) is 0 Å². The fourth-order valence-electron chi connectivity index (χ4n) is 5.68. The zero-order valence-corrected chi connectivity index (χ0v) is 21.3. The average molecular weight is 470 g/mol. The van der Waals surface area contributed by atoms with Crippen LogP contribution in [0.25, 0.3) is 0 Å². The maximum atomic E-state index is 12.6. The summed E-state index contributed by atoms with van der Waals surface area (Å²) in [6.07, 6.45) is 5.27. The van der Waals surface area contributed by atoms with Gasteiger partial charge in [-0.15, -0.1) is 0 Å². The third kappa shape index (κ3) is 5.40. The molecule has 0 N–H and O–H groups in total. The molecule has 2 aromatic rings. The number of methoxy groups -OCH3 is 2. The van der Waals surface area contributed by atoms with Crippen LogP contribution in [0.1, 0.15) is 56.0 Å². The predicted molar refractivity (Wildman–Crippen MR) is 131 cm³/mol. The van der Waals surface area contributed by atoms with Gasteiger partial charge in [0.15, 0.2) is 11.5 Å². The molecule has 0 saturated carbocycles. The maximum Gasteiger partial charge on any atom is 0.307 e. The van der Waals surface area contributed by atoms with Crippen molar-refractivity contribution in [3.63, 3.8) is 0 Å². The molecule has 7 heteroatoms. The summed E-state index contributed by atoms with van der Waals surface area (Å²) in [6.45, 7) is 9.71. The Kier molecular flexibility index (Phi) is 7.81. The molecule has 2 aliphatic heterocycles. The molecule has 1 fully saturated rings. The van der Waals surface area contributed by atoms with E-state index in [9.17, 15) is 4.79 Å². The van der Waals surface area contributed by atoms with Gasteiger partial charge in [0.05, 0.1) is 33.8 Å². The molecule has 186 valence electrons. The van der Waals surface area contributed by atoms with E-state index in [1.807, 2.05) is 17.7 Å². The lowest BCUT2D eigenvalue weighted by atomic mass is 9.74. The third-order valence-electron chi connectivity index (χ3n) is 7.46. The minimum atomic E-state index is -0.143. The zero-order chi connectivity index (χ0) is 24.2. The molecule has 7 nitrogen and oxygen atoms in total. The molecule has 1 saturated heterocycles. The van der Waals surface area contributed by atoms with Crippen molar-refractivity contribution in [2.24, 2.45) is 17.8 Å². The van der Waals surface area contributed by atoms with Crippen LogP contribution in [-0.2, 0) is 22.5 Å². The van der Waals surface area contributed by atoms with Crippen molar-refractivity contribution in [2.45, 2.75) is 59.0 Å². The van der Waals surface area contributed by atoms with E-state index in [-0.39, 0.29) is 5.97 Å². The number of nitrogens with zero attached hydrogens (tertiary/aromatic N) is 3. The Bertz CT molecular complexity index is 986. The lowest BCUT2D eigenvalue weighted by Crippen LogP contribution is -2.47. The second-order valence-electron chi connectivity index (χ2n) is 10.2. The molecular formula is C27H39N3O4. The number of piperidine rings is 1. The molecule has 2 aliphatic rings. The van der Waals surface area contributed by atoms with Gasteiger partial charge in [-0.1, -0.05) is 13.8 Å². The molecule has 0 aliphatic carbocycles. The van der Waals surface area contributed by atoms with Crippen molar-refractivity contribution in [2.75, 3.05) is 33.9 Å². The number of benzene rings is 1. The summed E-state index contributed by atoms with van der Waals surface area (Å²) in [5.74, 6) is 2.92. The molecule has 1 aromatic carbocycles. The minimum Gasteiger partial charge on any atom is -0.493 e. The highest BCUT2D eigenvalue weighted by Crippen LogP contribution is 2.45. The van der Waals surface area contributed by atoms with Gasteiger partial charge in [0.25, 0.3) is 0 Å². The highest BCUT2D eigenvalue weighted by atomic mass is 16.5. The quantitative estimate of drug-likeness (QED) is 0.507. The van der Waals surface area contributed by atoms with Gasteiger partial charge in [0, 0.05) is 31.0 Å². The van der Waals surface area contributed by atoms with Gasteiger partial charge in [-0.05, 0) is 73.3 Å². The van der Waals surface area contributed by atoms with Gasteiger partial charge in [-0.25, -0.2) is 0 Å². The number of fused-ring (bicyclic) bond motifs is 3. The summed E-state index contributed by atoms with van der Waals surface area (Å²) in [7, 11) is 3.38. The van der Waals surface area contributed by atoms with E-state index >= 15 is 0 Å². The van der Waals surface area contributed by atoms with E-state index in [0.717, 1.165) is 49.5 Å². The second-order valence-corrected chi connectivity index (χ2v) is 10.2. The highest BCUT2D eigenvalue weighted by Gasteiger charge is 2.40. The molecule has 34 heavy (non-hydrogen) atoms. The number of aromatic nitrogens is 2. The molecular weight excluding hydrogens is 430 g/mol. The number of ether oxygens (including phenoxy) is 3. The number of hydrogen-bond acceptors (Lipinski definition) is 6. The van der Waals surface area contributed by atoms with Crippen LogP contribution in [0.5, 0.6) is 11.5 Å². The summed E-state index contributed by atoms with van der Waals surface area (Å²) in [6, 6.07) is 6.56. The normalized spacial score (nSPS) is 22.2. The average Bonchev–Trinajstić information content (AvgIpc) is 3.24.